The van der Waals surface area contributed by atoms with E-state index in [4.69, 9.17) is 4.74 Å². The molecule has 0 atom stereocenters. The number of nitro benzene ring substituents is 1. The second-order valence-electron chi connectivity index (χ2n) is 5.83. The highest BCUT2D eigenvalue weighted by Crippen LogP contribution is 2.19. The van der Waals surface area contributed by atoms with Gasteiger partial charge in [-0.3, -0.25) is 14.9 Å². The van der Waals surface area contributed by atoms with Crippen LogP contribution in [-0.2, 0) is 9.47 Å². The highest BCUT2D eigenvalue weighted by atomic mass is 16.6. The van der Waals surface area contributed by atoms with Crippen molar-refractivity contribution in [2.75, 3.05) is 13.7 Å². The molecule has 0 aliphatic rings. The molecule has 0 aliphatic carbocycles. The van der Waals surface area contributed by atoms with Crippen LogP contribution in [-0.4, -0.2) is 36.4 Å². The molecule has 0 aromatic heterocycles. The minimum Gasteiger partial charge on any atom is -0.465 e. The Balaban J connectivity index is 2.21. The van der Waals surface area contributed by atoms with Crippen LogP contribution in [0, 0.1) is 24.0 Å². The molecule has 0 aliphatic heterocycles. The summed E-state index contributed by atoms with van der Waals surface area (Å²) in [6.07, 6.45) is 0. The number of nitro groups is 1. The van der Waals surface area contributed by atoms with Crippen molar-refractivity contribution >= 4 is 23.4 Å². The number of rotatable bonds is 6. The van der Waals surface area contributed by atoms with Crippen molar-refractivity contribution in [3.63, 3.8) is 0 Å². The highest BCUT2D eigenvalue weighted by molar-refractivity contribution is 6.01. The molecule has 0 unspecified atom stereocenters. The Morgan fingerprint density at radius 2 is 1.63 bits per heavy atom. The number of aryl methyl sites for hydroxylation is 2. The van der Waals surface area contributed by atoms with E-state index in [0.29, 0.717) is 5.56 Å². The first-order valence-corrected chi connectivity index (χ1v) is 7.88. The van der Waals surface area contributed by atoms with Gasteiger partial charge in [-0.1, -0.05) is 17.7 Å². The van der Waals surface area contributed by atoms with Gasteiger partial charge < -0.3 is 9.47 Å². The number of hydrogen-bond donors (Lipinski definition) is 0. The fourth-order valence-electron chi connectivity index (χ4n) is 2.40. The van der Waals surface area contributed by atoms with E-state index in [1.54, 1.807) is 19.1 Å². The Hall–Kier alpha value is -3.55. The zero-order valence-corrected chi connectivity index (χ0v) is 15.0. The molecule has 0 saturated carbocycles. The van der Waals surface area contributed by atoms with Crippen molar-refractivity contribution in [1.29, 1.82) is 0 Å². The number of hydrogen-bond acceptors (Lipinski definition) is 7. The number of carbonyl (C=O) groups is 3. The number of Topliss-reactive ketones (excluding diaryl/α,β-unsaturated/α-hetero) is 1. The molecular formula is C19H17NO7. The molecule has 27 heavy (non-hydrogen) atoms. The van der Waals surface area contributed by atoms with E-state index in [2.05, 4.69) is 4.74 Å². The number of benzene rings is 2. The maximum atomic E-state index is 12.3. The van der Waals surface area contributed by atoms with Gasteiger partial charge in [0.05, 0.1) is 23.2 Å². The molecule has 8 nitrogen and oxygen atoms in total. The van der Waals surface area contributed by atoms with Gasteiger partial charge in [-0.25, -0.2) is 9.59 Å². The minimum atomic E-state index is -0.956. The Labute approximate surface area is 154 Å². The first kappa shape index (κ1) is 19.8. The van der Waals surface area contributed by atoms with Crippen molar-refractivity contribution in [3.8, 4) is 0 Å². The molecule has 2 aromatic rings. The molecule has 0 saturated heterocycles. The SMILES string of the molecule is COC(=O)c1cc(C(=O)OCC(=O)c2cc(C)ccc2C)cc([N+](=O)[O-])c1. The van der Waals surface area contributed by atoms with Gasteiger partial charge in [0, 0.05) is 17.7 Å². The van der Waals surface area contributed by atoms with Gasteiger partial charge in [-0.15, -0.1) is 0 Å². The standard InChI is InChI=1S/C19H17NO7/c1-11-4-5-12(2)16(6-11)17(21)10-27-19(23)14-7-13(18(22)26-3)8-15(9-14)20(24)25/h4-9H,10H2,1-3H3. The molecule has 0 heterocycles. The molecule has 8 heteroatoms. The Morgan fingerprint density at radius 3 is 2.22 bits per heavy atom. The van der Waals surface area contributed by atoms with E-state index in [9.17, 15) is 24.5 Å². The summed E-state index contributed by atoms with van der Waals surface area (Å²) >= 11 is 0. The van der Waals surface area contributed by atoms with Crippen LogP contribution in [0.2, 0.25) is 0 Å². The van der Waals surface area contributed by atoms with Gasteiger partial charge in [-0.2, -0.15) is 0 Å². The second kappa shape index (κ2) is 8.22. The average molecular weight is 371 g/mol. The Bertz CT molecular complexity index is 934. The average Bonchev–Trinajstić information content (AvgIpc) is 2.66. The first-order chi connectivity index (χ1) is 12.7. The Kier molecular flexibility index (Phi) is 6.02. The molecule has 2 aromatic carbocycles. The molecule has 0 spiro atoms. The normalized spacial score (nSPS) is 10.2. The van der Waals surface area contributed by atoms with Gasteiger partial charge in [0.1, 0.15) is 0 Å². The van der Waals surface area contributed by atoms with E-state index in [-0.39, 0.29) is 11.1 Å². The summed E-state index contributed by atoms with van der Waals surface area (Å²) in [5.41, 5.74) is 1.20. The quantitative estimate of drug-likeness (QED) is 0.332. The first-order valence-electron chi connectivity index (χ1n) is 7.88. The van der Waals surface area contributed by atoms with Crippen LogP contribution in [0.4, 0.5) is 5.69 Å². The molecule has 0 fully saturated rings. The fraction of sp³-hybridized carbons (Fsp3) is 0.211. The van der Waals surface area contributed by atoms with Crippen LogP contribution < -0.4 is 0 Å². The summed E-state index contributed by atoms with van der Waals surface area (Å²) in [5.74, 6) is -2.19. The molecule has 2 rings (SSSR count). The molecule has 0 bridgehead atoms. The van der Waals surface area contributed by atoms with Gasteiger partial charge in [0.25, 0.3) is 5.69 Å². The minimum absolute atomic E-state index is 0.167. The van der Waals surface area contributed by atoms with Crippen LogP contribution in [0.1, 0.15) is 42.2 Å². The predicted molar refractivity (Wildman–Crippen MR) is 95.0 cm³/mol. The molecule has 0 N–H and O–H groups in total. The number of non-ortho nitro benzene ring substituents is 1. The molecule has 0 amide bonds. The van der Waals surface area contributed by atoms with Crippen LogP contribution in [0.5, 0.6) is 0 Å². The fourth-order valence-corrected chi connectivity index (χ4v) is 2.40. The zero-order chi connectivity index (χ0) is 20.1. The zero-order valence-electron chi connectivity index (χ0n) is 15.0. The number of ketones is 1. The van der Waals surface area contributed by atoms with Gasteiger partial charge >= 0.3 is 11.9 Å². The molecule has 0 radical (unpaired) electrons. The van der Waals surface area contributed by atoms with Gasteiger partial charge in [-0.05, 0) is 31.5 Å². The van der Waals surface area contributed by atoms with Crippen molar-refractivity contribution < 1.29 is 28.8 Å². The van der Waals surface area contributed by atoms with E-state index in [1.807, 2.05) is 13.0 Å². The summed E-state index contributed by atoms with van der Waals surface area (Å²) in [6.45, 7) is 3.07. The van der Waals surface area contributed by atoms with Crippen LogP contribution in [0.3, 0.4) is 0 Å². The summed E-state index contributed by atoms with van der Waals surface area (Å²) < 4.78 is 9.50. The largest absolute Gasteiger partial charge is 0.465 e. The van der Waals surface area contributed by atoms with Crippen molar-refractivity contribution in [3.05, 3.63) is 74.3 Å². The maximum absolute atomic E-state index is 12.3. The summed E-state index contributed by atoms with van der Waals surface area (Å²) in [5, 5.41) is 11.0. The molecular weight excluding hydrogens is 354 g/mol. The topological polar surface area (TPSA) is 113 Å². The smallest absolute Gasteiger partial charge is 0.338 e. The van der Waals surface area contributed by atoms with Crippen LogP contribution in [0.15, 0.2) is 36.4 Å². The van der Waals surface area contributed by atoms with Gasteiger partial charge in [0.2, 0.25) is 5.78 Å². The number of esters is 2. The molecule has 140 valence electrons. The number of carbonyl (C=O) groups excluding carboxylic acids is 3. The second-order valence-corrected chi connectivity index (χ2v) is 5.83. The lowest BCUT2D eigenvalue weighted by atomic mass is 10.0. The third kappa shape index (κ3) is 4.75. The van der Waals surface area contributed by atoms with Crippen LogP contribution >= 0.6 is 0 Å². The number of nitrogens with zero attached hydrogens (tertiary/aromatic N) is 1. The van der Waals surface area contributed by atoms with Crippen molar-refractivity contribution in [2.24, 2.45) is 0 Å². The third-order valence-electron chi connectivity index (χ3n) is 3.81. The monoisotopic (exact) mass is 371 g/mol. The number of methoxy groups -OCH3 is 1. The van der Waals surface area contributed by atoms with Crippen molar-refractivity contribution in [1.82, 2.24) is 0 Å². The van der Waals surface area contributed by atoms with E-state index in [0.717, 1.165) is 36.4 Å². The third-order valence-corrected chi connectivity index (χ3v) is 3.81. The van der Waals surface area contributed by atoms with Gasteiger partial charge in [0.15, 0.2) is 6.61 Å². The summed E-state index contributed by atoms with van der Waals surface area (Å²) in [6, 6.07) is 8.40. The highest BCUT2D eigenvalue weighted by Gasteiger charge is 2.20. The Morgan fingerprint density at radius 1 is 1.00 bits per heavy atom. The summed E-state index contributed by atoms with van der Waals surface area (Å²) in [4.78, 5) is 46.4. The lowest BCUT2D eigenvalue weighted by Gasteiger charge is -2.08. The number of ether oxygens (including phenoxy) is 2. The van der Waals surface area contributed by atoms with Crippen LogP contribution in [0.25, 0.3) is 0 Å². The summed E-state index contributed by atoms with van der Waals surface area (Å²) in [7, 11) is 1.11. The van der Waals surface area contributed by atoms with Crippen molar-refractivity contribution in [2.45, 2.75) is 13.8 Å². The maximum Gasteiger partial charge on any atom is 0.338 e. The van der Waals surface area contributed by atoms with E-state index in [1.165, 1.54) is 0 Å². The lowest BCUT2D eigenvalue weighted by Crippen LogP contribution is -2.16. The lowest BCUT2D eigenvalue weighted by molar-refractivity contribution is -0.384. The van der Waals surface area contributed by atoms with E-state index < -0.39 is 34.9 Å². The predicted octanol–water partition coefficient (Wildman–Crippen LogP) is 3.04. The van der Waals surface area contributed by atoms with E-state index >= 15 is 0 Å².